The Morgan fingerprint density at radius 2 is 2.11 bits per heavy atom. The molecule has 0 fully saturated rings. The minimum absolute atomic E-state index is 0.704. The van der Waals surface area contributed by atoms with Crippen LogP contribution in [0.15, 0.2) is 6.20 Å². The van der Waals surface area contributed by atoms with Gasteiger partial charge in [-0.25, -0.2) is 15.0 Å². The van der Waals surface area contributed by atoms with Crippen LogP contribution in [-0.2, 0) is 19.3 Å². The van der Waals surface area contributed by atoms with E-state index in [1.165, 1.54) is 15.4 Å². The highest BCUT2D eigenvalue weighted by molar-refractivity contribution is 7.12. The minimum atomic E-state index is 0.704. The lowest BCUT2D eigenvalue weighted by molar-refractivity contribution is 0.915. The van der Waals surface area contributed by atoms with Crippen LogP contribution in [0.2, 0.25) is 0 Å². The molecule has 94 valence electrons. The van der Waals surface area contributed by atoms with Gasteiger partial charge in [-0.2, -0.15) is 0 Å². The zero-order chi connectivity index (χ0) is 12.5. The molecule has 0 amide bonds. The molecule has 18 heavy (non-hydrogen) atoms. The fourth-order valence-electron chi connectivity index (χ4n) is 2.19. The van der Waals surface area contributed by atoms with Crippen molar-refractivity contribution in [3.05, 3.63) is 21.6 Å². The molecule has 0 radical (unpaired) electrons. The summed E-state index contributed by atoms with van der Waals surface area (Å²) >= 11 is 1.83. The summed E-state index contributed by atoms with van der Waals surface area (Å²) in [6, 6.07) is 0. The average molecular weight is 260 g/mol. The molecule has 0 unspecified atom stereocenters. The predicted octanol–water partition coefficient (Wildman–Crippen LogP) is 2.69. The number of hydrogen-bond donors (Lipinski definition) is 1. The third-order valence-electron chi connectivity index (χ3n) is 3.09. The maximum Gasteiger partial charge on any atom is 0.223 e. The third kappa shape index (κ3) is 1.88. The number of thiazole rings is 1. The zero-order valence-corrected chi connectivity index (χ0v) is 11.5. The van der Waals surface area contributed by atoms with E-state index in [1.54, 1.807) is 0 Å². The summed E-state index contributed by atoms with van der Waals surface area (Å²) in [4.78, 5) is 15.0. The first-order chi connectivity index (χ1) is 8.81. The molecule has 0 saturated carbocycles. The van der Waals surface area contributed by atoms with Crippen LogP contribution in [0, 0.1) is 0 Å². The summed E-state index contributed by atoms with van der Waals surface area (Å²) in [5.74, 6) is 0.704. The number of fused-ring (bicyclic) bond motifs is 3. The number of anilines is 1. The Morgan fingerprint density at radius 3 is 2.89 bits per heavy atom. The molecule has 3 rings (SSSR count). The Hall–Kier alpha value is -1.49. The van der Waals surface area contributed by atoms with E-state index in [1.807, 2.05) is 24.5 Å². The van der Waals surface area contributed by atoms with Gasteiger partial charge < -0.3 is 5.32 Å². The van der Waals surface area contributed by atoms with Gasteiger partial charge in [-0.3, -0.25) is 0 Å². The van der Waals surface area contributed by atoms with Crippen LogP contribution in [0.5, 0.6) is 0 Å². The van der Waals surface area contributed by atoms with Crippen molar-refractivity contribution in [2.24, 2.45) is 0 Å². The molecule has 2 heterocycles. The molecule has 0 saturated heterocycles. The lowest BCUT2D eigenvalue weighted by Crippen LogP contribution is -2.09. The molecule has 0 aliphatic heterocycles. The number of nitrogens with zero attached hydrogens (tertiary/aromatic N) is 3. The molecule has 1 N–H and O–H groups in total. The second kappa shape index (κ2) is 4.65. The number of aryl methyl sites for hydroxylation is 3. The lowest BCUT2D eigenvalue weighted by atomic mass is 10.00. The van der Waals surface area contributed by atoms with Gasteiger partial charge in [-0.05, 0) is 31.7 Å². The van der Waals surface area contributed by atoms with Gasteiger partial charge >= 0.3 is 0 Å². The molecule has 2 aromatic heterocycles. The molecule has 0 spiro atoms. The van der Waals surface area contributed by atoms with E-state index in [-0.39, 0.29) is 0 Å². The maximum atomic E-state index is 4.71. The second-order valence-electron chi connectivity index (χ2n) is 4.33. The van der Waals surface area contributed by atoms with Gasteiger partial charge in [-0.1, -0.05) is 6.92 Å². The molecule has 4 nitrogen and oxygen atoms in total. The molecule has 1 aliphatic carbocycles. The van der Waals surface area contributed by atoms with Crippen molar-refractivity contribution in [1.29, 1.82) is 0 Å². The fourth-order valence-corrected chi connectivity index (χ4v) is 3.20. The van der Waals surface area contributed by atoms with Gasteiger partial charge in [0, 0.05) is 17.6 Å². The lowest BCUT2D eigenvalue weighted by Gasteiger charge is -2.14. The molecular weight excluding hydrogens is 244 g/mol. The standard InChI is InChI=1S/C13H16N4S/c1-3-10-16-12-9(18-10)6-5-8-7-15-13(14-4-2)17-11(8)12/h7H,3-6H2,1-2H3,(H,14,15,17). The maximum absolute atomic E-state index is 4.71. The van der Waals surface area contributed by atoms with Crippen LogP contribution in [0.1, 0.15) is 29.3 Å². The molecule has 2 aromatic rings. The summed E-state index contributed by atoms with van der Waals surface area (Å²) in [6.07, 6.45) is 5.04. The van der Waals surface area contributed by atoms with Gasteiger partial charge in [0.25, 0.3) is 0 Å². The van der Waals surface area contributed by atoms with Crippen molar-refractivity contribution >= 4 is 17.3 Å². The zero-order valence-electron chi connectivity index (χ0n) is 10.7. The van der Waals surface area contributed by atoms with E-state index in [4.69, 9.17) is 4.98 Å². The first-order valence-corrected chi connectivity index (χ1v) is 7.22. The fraction of sp³-hybridized carbons (Fsp3) is 0.462. The van der Waals surface area contributed by atoms with Gasteiger partial charge in [0.2, 0.25) is 5.95 Å². The van der Waals surface area contributed by atoms with E-state index >= 15 is 0 Å². The number of aromatic nitrogens is 3. The highest BCUT2D eigenvalue weighted by Gasteiger charge is 2.22. The molecule has 5 heteroatoms. The molecule has 0 atom stereocenters. The normalized spacial score (nSPS) is 13.0. The van der Waals surface area contributed by atoms with Crippen molar-refractivity contribution in [3.8, 4) is 11.4 Å². The molecule has 0 bridgehead atoms. The Bertz CT molecular complexity index is 576. The Kier molecular flexibility index (Phi) is 2.99. The van der Waals surface area contributed by atoms with Gasteiger partial charge in [0.15, 0.2) is 0 Å². The largest absolute Gasteiger partial charge is 0.354 e. The summed E-state index contributed by atoms with van der Waals surface area (Å²) in [6.45, 7) is 5.03. The first kappa shape index (κ1) is 11.6. The van der Waals surface area contributed by atoms with Crippen molar-refractivity contribution < 1.29 is 0 Å². The number of rotatable bonds is 3. The quantitative estimate of drug-likeness (QED) is 0.922. The Morgan fingerprint density at radius 1 is 1.22 bits per heavy atom. The minimum Gasteiger partial charge on any atom is -0.354 e. The molecular formula is C13H16N4S. The summed E-state index contributed by atoms with van der Waals surface area (Å²) < 4.78 is 0. The molecule has 1 aliphatic rings. The topological polar surface area (TPSA) is 50.7 Å². The van der Waals surface area contributed by atoms with Crippen LogP contribution < -0.4 is 5.32 Å². The average Bonchev–Trinajstić information content (AvgIpc) is 2.82. The Balaban J connectivity index is 2.08. The van der Waals surface area contributed by atoms with Crippen LogP contribution in [0.3, 0.4) is 0 Å². The van der Waals surface area contributed by atoms with Crippen molar-refractivity contribution in [2.75, 3.05) is 11.9 Å². The van der Waals surface area contributed by atoms with Crippen LogP contribution in [0.25, 0.3) is 11.4 Å². The van der Waals surface area contributed by atoms with Gasteiger partial charge in [0.1, 0.15) is 5.69 Å². The van der Waals surface area contributed by atoms with Crippen molar-refractivity contribution in [3.63, 3.8) is 0 Å². The predicted molar refractivity (Wildman–Crippen MR) is 74.1 cm³/mol. The summed E-state index contributed by atoms with van der Waals surface area (Å²) in [7, 11) is 0. The van der Waals surface area contributed by atoms with Crippen LogP contribution in [-0.4, -0.2) is 21.5 Å². The summed E-state index contributed by atoms with van der Waals surface area (Å²) in [5, 5.41) is 4.37. The van der Waals surface area contributed by atoms with Gasteiger partial charge in [-0.15, -0.1) is 11.3 Å². The van der Waals surface area contributed by atoms with Crippen LogP contribution >= 0.6 is 11.3 Å². The van der Waals surface area contributed by atoms with E-state index in [2.05, 4.69) is 22.2 Å². The van der Waals surface area contributed by atoms with E-state index < -0.39 is 0 Å². The van der Waals surface area contributed by atoms with E-state index in [9.17, 15) is 0 Å². The highest BCUT2D eigenvalue weighted by Crippen LogP contribution is 2.35. The van der Waals surface area contributed by atoms with Crippen LogP contribution in [0.4, 0.5) is 5.95 Å². The Labute approximate surface area is 111 Å². The SMILES string of the molecule is CCNc1ncc2c(n1)-c1nc(CC)sc1CC2. The molecule has 0 aromatic carbocycles. The van der Waals surface area contributed by atoms with E-state index in [0.717, 1.165) is 37.2 Å². The number of nitrogens with one attached hydrogen (secondary N) is 1. The highest BCUT2D eigenvalue weighted by atomic mass is 32.1. The number of hydrogen-bond acceptors (Lipinski definition) is 5. The smallest absolute Gasteiger partial charge is 0.223 e. The van der Waals surface area contributed by atoms with Gasteiger partial charge in [0.05, 0.1) is 10.7 Å². The van der Waals surface area contributed by atoms with Crippen molar-refractivity contribution in [1.82, 2.24) is 15.0 Å². The first-order valence-electron chi connectivity index (χ1n) is 6.40. The second-order valence-corrected chi connectivity index (χ2v) is 5.50. The monoisotopic (exact) mass is 260 g/mol. The summed E-state index contributed by atoms with van der Waals surface area (Å²) in [5.41, 5.74) is 3.33. The van der Waals surface area contributed by atoms with Crippen molar-refractivity contribution in [2.45, 2.75) is 33.1 Å². The third-order valence-corrected chi connectivity index (χ3v) is 4.35. The van der Waals surface area contributed by atoms with E-state index in [0.29, 0.717) is 5.95 Å².